The van der Waals surface area contributed by atoms with Gasteiger partial charge >= 0.3 is 5.97 Å². The molecule has 0 unspecified atom stereocenters. The number of piperidine rings is 1. The number of Topliss-reactive ketones (excluding diaryl/α,β-unsaturated/α-hetero) is 2. The summed E-state index contributed by atoms with van der Waals surface area (Å²) in [5.41, 5.74) is 1.96. The number of cyclic esters (lactones) is 1. The van der Waals surface area contributed by atoms with Crippen molar-refractivity contribution in [3.8, 4) is 0 Å². The van der Waals surface area contributed by atoms with Crippen LogP contribution in [0.25, 0.3) is 0 Å². The Bertz CT molecular complexity index is 1990. The van der Waals surface area contributed by atoms with Crippen molar-refractivity contribution in [3.63, 3.8) is 0 Å². The van der Waals surface area contributed by atoms with Crippen LogP contribution < -0.4 is 0 Å². The number of nitrogens with zero attached hydrogens (tertiary/aromatic N) is 1. The monoisotopic (exact) mass is 960 g/mol. The van der Waals surface area contributed by atoms with E-state index in [4.69, 9.17) is 33.9 Å². The van der Waals surface area contributed by atoms with E-state index in [1.165, 1.54) is 28.3 Å². The Morgan fingerprint density at radius 3 is 2.35 bits per heavy atom. The van der Waals surface area contributed by atoms with Gasteiger partial charge < -0.3 is 48.6 Å². The molecule has 3 heterocycles. The first-order chi connectivity index (χ1) is 33.7. The minimum absolute atomic E-state index is 0.0204. The van der Waals surface area contributed by atoms with Gasteiger partial charge in [-0.2, -0.15) is 0 Å². The highest BCUT2D eigenvalue weighted by Crippen LogP contribution is 2.38. The van der Waals surface area contributed by atoms with Crippen molar-refractivity contribution in [3.05, 3.63) is 59.8 Å². The normalized spacial score (nSPS) is 41.0. The predicted octanol–water partition coefficient (Wildman–Crippen LogP) is 7.18. The molecule has 1 aliphatic carbocycles. The second-order valence-electron chi connectivity index (χ2n) is 19.8. The average Bonchev–Trinajstić information content (AvgIpc) is 3.33. The van der Waals surface area contributed by atoms with E-state index in [1.807, 2.05) is 45.1 Å². The van der Waals surface area contributed by atoms with Crippen LogP contribution in [0.15, 0.2) is 59.8 Å². The van der Waals surface area contributed by atoms with Crippen molar-refractivity contribution < 1.29 is 68.4 Å². The third-order valence-corrected chi connectivity index (χ3v) is 14.6. The maximum Gasteiger partial charge on any atom is 0.329 e. The lowest BCUT2D eigenvalue weighted by molar-refractivity contribution is -0.265. The molecule has 1 saturated carbocycles. The summed E-state index contributed by atoms with van der Waals surface area (Å²) in [6.07, 6.45) is 6.77. The molecule has 0 aromatic carbocycles. The largest absolute Gasteiger partial charge is 0.460 e. The Morgan fingerprint density at radius 1 is 0.941 bits per heavy atom. The Labute approximate surface area is 412 Å². The van der Waals surface area contributed by atoms with E-state index in [-0.39, 0.29) is 55.8 Å². The summed E-state index contributed by atoms with van der Waals surface area (Å²) in [4.78, 5) is 58.7. The van der Waals surface area contributed by atoms with Crippen LogP contribution >= 0.6 is 0 Å². The lowest BCUT2D eigenvalue weighted by Gasteiger charge is -2.42. The second-order valence-corrected chi connectivity index (χ2v) is 19.8. The number of allylic oxidation sites excluding steroid dienone is 6. The van der Waals surface area contributed by atoms with Crippen LogP contribution in [0.4, 0.5) is 0 Å². The van der Waals surface area contributed by atoms with Gasteiger partial charge in [0.25, 0.3) is 11.7 Å². The van der Waals surface area contributed by atoms with Crippen LogP contribution in [0.3, 0.4) is 0 Å². The summed E-state index contributed by atoms with van der Waals surface area (Å²) < 4.78 is 69.1. The number of esters is 1. The molecule has 14 nitrogen and oxygen atoms in total. The number of hydrogen-bond donors (Lipinski definition) is 3. The van der Waals surface area contributed by atoms with Crippen LogP contribution in [-0.4, -0.2) is 139 Å². The average molecular weight is 960 g/mol. The first-order valence-electron chi connectivity index (χ1n) is 26.7. The molecule has 14 heteroatoms. The fourth-order valence-corrected chi connectivity index (χ4v) is 10.2. The summed E-state index contributed by atoms with van der Waals surface area (Å²) in [7, 11) is 4.51. The predicted molar refractivity (Wildman–Crippen MR) is 260 cm³/mol. The summed E-state index contributed by atoms with van der Waals surface area (Å²) in [6.45, 7) is 13.8. The zero-order valence-electron chi connectivity index (χ0n) is 46.3. The first kappa shape index (κ1) is 51.0. The van der Waals surface area contributed by atoms with Gasteiger partial charge in [0, 0.05) is 55.3 Å². The number of hydrogen-bond acceptors (Lipinski definition) is 13. The SMILES string of the molecule is [2H]C([2H])(CO)O[C@@H]1CC[C@@H](C[C@@H](C)[C@@H]2CC(=O)[C@H](C)/C=C(\C)[C@@H](O)[C@@H](OC)C(=C)[C@H](C)C[C@H](C)/C=C/C=C/C=C(\C)[C@@H](OC)C[C@@H]3CC([2H])([2H])[C@@H](C)[C@@](O)(O3)C(=O)C(=O)N3CCCC[C@H]3C(=O)O2)C[C@H]1OC. The van der Waals surface area contributed by atoms with E-state index in [2.05, 4.69) is 19.6 Å². The van der Waals surface area contributed by atoms with Gasteiger partial charge in [0.1, 0.15) is 30.1 Å². The molecule has 0 radical (unpaired) electrons. The van der Waals surface area contributed by atoms with E-state index in [0.29, 0.717) is 56.1 Å². The number of fused-ring (bicyclic) bond motifs is 3. The van der Waals surface area contributed by atoms with Crippen molar-refractivity contribution in [2.45, 2.75) is 180 Å². The summed E-state index contributed by atoms with van der Waals surface area (Å²) in [5, 5.41) is 33.3. The van der Waals surface area contributed by atoms with E-state index in [9.17, 15) is 34.5 Å². The Morgan fingerprint density at radius 2 is 1.68 bits per heavy atom. The molecular weight excluding hydrogens is 871 g/mol. The lowest BCUT2D eigenvalue weighted by Crippen LogP contribution is -2.61. The molecular formula is C54H85NO13. The van der Waals surface area contributed by atoms with Gasteiger partial charge in [-0.05, 0) is 118 Å². The van der Waals surface area contributed by atoms with Gasteiger partial charge in [0.05, 0.1) is 40.3 Å². The van der Waals surface area contributed by atoms with E-state index >= 15 is 0 Å². The van der Waals surface area contributed by atoms with Gasteiger partial charge in [-0.1, -0.05) is 77.7 Å². The lowest BCUT2D eigenvalue weighted by atomic mass is 9.78. The minimum atomic E-state index is -2.88. The maximum atomic E-state index is 14.6. The van der Waals surface area contributed by atoms with E-state index in [0.717, 1.165) is 10.5 Å². The number of ketones is 2. The summed E-state index contributed by atoms with van der Waals surface area (Å²) in [5.74, 6) is -9.23. The third-order valence-electron chi connectivity index (χ3n) is 14.6. The van der Waals surface area contributed by atoms with Crippen LogP contribution in [0.1, 0.15) is 131 Å². The number of carbonyl (C=O) groups is 4. The molecule has 3 aliphatic heterocycles. The zero-order valence-corrected chi connectivity index (χ0v) is 42.3. The summed E-state index contributed by atoms with van der Waals surface area (Å²) >= 11 is 0. The Balaban J connectivity index is 1.74. The molecule has 3 N–H and O–H groups in total. The molecule has 15 atom stereocenters. The molecule has 68 heavy (non-hydrogen) atoms. The van der Waals surface area contributed by atoms with Gasteiger partial charge in [-0.15, -0.1) is 0 Å². The molecule has 4 rings (SSSR count). The van der Waals surface area contributed by atoms with E-state index in [1.54, 1.807) is 19.9 Å². The fraction of sp³-hybridized carbons (Fsp3) is 0.741. The molecule has 4 aliphatic rings. The number of amides is 1. The highest BCUT2D eigenvalue weighted by molar-refractivity contribution is 6.39. The minimum Gasteiger partial charge on any atom is -0.460 e. The molecule has 1 amide bonds. The number of methoxy groups -OCH3 is 3. The van der Waals surface area contributed by atoms with Crippen LogP contribution in [0.5, 0.6) is 0 Å². The third kappa shape index (κ3) is 15.3. The van der Waals surface area contributed by atoms with Crippen LogP contribution in [-0.2, 0) is 47.6 Å². The molecule has 0 aromatic rings. The zero-order chi connectivity index (χ0) is 53.9. The quantitative estimate of drug-likeness (QED) is 0.120. The number of rotatable bonds is 9. The van der Waals surface area contributed by atoms with Gasteiger partial charge in [-0.25, -0.2) is 4.79 Å². The van der Waals surface area contributed by atoms with Crippen molar-refractivity contribution >= 4 is 23.4 Å². The molecule has 0 spiro atoms. The number of ether oxygens (including phenoxy) is 6. The highest BCUT2D eigenvalue weighted by atomic mass is 16.6. The number of aliphatic hydroxyl groups is 3. The second kappa shape index (κ2) is 27.3. The summed E-state index contributed by atoms with van der Waals surface area (Å²) in [6, 6.07) is -1.27. The van der Waals surface area contributed by atoms with Gasteiger partial charge in [0.2, 0.25) is 5.79 Å². The van der Waals surface area contributed by atoms with Crippen molar-refractivity contribution in [2.24, 2.45) is 35.5 Å². The highest BCUT2D eigenvalue weighted by Gasteiger charge is 2.53. The van der Waals surface area contributed by atoms with Gasteiger partial charge in [0.15, 0.2) is 0 Å². The molecule has 384 valence electrons. The fourth-order valence-electron chi connectivity index (χ4n) is 10.2. The molecule has 2 bridgehead atoms. The molecule has 3 fully saturated rings. The van der Waals surface area contributed by atoms with Crippen molar-refractivity contribution in [1.29, 1.82) is 0 Å². The first-order valence-corrected chi connectivity index (χ1v) is 24.7. The molecule has 2 saturated heterocycles. The van der Waals surface area contributed by atoms with Crippen molar-refractivity contribution in [1.82, 2.24) is 4.90 Å². The molecule has 0 aromatic heterocycles. The topological polar surface area (TPSA) is 188 Å². The number of carbonyl (C=O) groups excluding carboxylic acids is 4. The number of aliphatic hydroxyl groups excluding tert-OH is 2. The van der Waals surface area contributed by atoms with Gasteiger partial charge in [-0.3, -0.25) is 14.4 Å². The van der Waals surface area contributed by atoms with Crippen LogP contribution in [0, 0.1) is 35.5 Å². The smallest absolute Gasteiger partial charge is 0.329 e. The standard InChI is InChI=1S/C54H85NO13/c1-33-17-13-12-14-18-34(2)46(63-9)31-42-22-20-39(7)54(62,68-42)51(59)52(60)55-24-16-15-19-43(55)53(61)67-47(37(5)29-41-21-23-45(66-26-25-56)48(30-41)64-10)32-44(57)36(4)28-38(6)49(58)50(65-11)40(8)35(3)27-33/h12-14,17-18,28,33,35-37,39,41-43,45-50,56,58,62H,8,15-16,19-27,29-32H2,1-7,9-11H3/b14-12+,17-13+,34-18+,38-28+/t33-,35-,36-,37-,39-,41+,42+,43+,45-,46+,47+,48-,49-,50+,54-/m1/s1/i20D2,26D2. The van der Waals surface area contributed by atoms with Crippen LogP contribution in [0.2, 0.25) is 0 Å². The van der Waals surface area contributed by atoms with E-state index < -0.39 is 110 Å². The Hall–Kier alpha value is -3.34. The van der Waals surface area contributed by atoms with Crippen molar-refractivity contribution in [2.75, 3.05) is 41.0 Å². The Kier molecular flexibility index (Phi) is 20.5. The maximum absolute atomic E-state index is 14.6.